The second-order valence-corrected chi connectivity index (χ2v) is 2.09. The van der Waals surface area contributed by atoms with Crippen LogP contribution in [-0.2, 0) is 0 Å². The number of anilines is 1. The molecule has 4 nitrogen and oxygen atoms in total. The maximum atomic E-state index is 10.6. The van der Waals surface area contributed by atoms with E-state index in [1.165, 1.54) is 0 Å². The molecule has 0 aliphatic heterocycles. The largest absolute Gasteiger partial charge is 0.366 e. The topological polar surface area (TPSA) is 81.1 Å². The van der Waals surface area contributed by atoms with Crippen LogP contribution < -0.4 is 17.0 Å². The molecule has 0 aliphatic rings. The molecule has 0 aliphatic carbocycles. The summed E-state index contributed by atoms with van der Waals surface area (Å²) < 4.78 is 0. The van der Waals surface area contributed by atoms with Crippen molar-refractivity contribution in [2.45, 2.75) is 0 Å². The third-order valence-electron chi connectivity index (χ3n) is 1.34. The normalized spacial score (nSPS) is 8.42. The molecule has 0 atom stereocenters. The molecule has 0 spiro atoms. The lowest BCUT2D eigenvalue weighted by Crippen LogP contribution is -2.11. The van der Waals surface area contributed by atoms with E-state index in [9.17, 15) is 4.79 Å². The number of carbonyl (C=O) groups excluding carboxylic acids is 1. The van der Waals surface area contributed by atoms with Crippen molar-refractivity contribution in [3.8, 4) is 0 Å². The zero-order valence-electron chi connectivity index (χ0n) is 6.28. The molecular weight excluding hydrogens is 178 g/mol. The van der Waals surface area contributed by atoms with Crippen LogP contribution in [0, 0.1) is 0 Å². The van der Waals surface area contributed by atoms with Gasteiger partial charge in [-0.25, -0.2) is 0 Å². The summed E-state index contributed by atoms with van der Waals surface area (Å²) in [5.41, 5.74) is 8.68. The molecule has 0 unspecified atom stereocenters. The van der Waals surface area contributed by atoms with Gasteiger partial charge in [-0.3, -0.25) is 10.6 Å². The Balaban J connectivity index is 0.00000121. The molecular formula is C7H10ClN3O. The Kier molecular flexibility index (Phi) is 4.10. The highest BCUT2D eigenvalue weighted by Gasteiger charge is 1.97. The number of rotatable bonds is 2. The number of nitrogens with one attached hydrogen (secondary N) is 1. The first-order valence-corrected chi connectivity index (χ1v) is 3.10. The number of hydrogen-bond donors (Lipinski definition) is 3. The molecule has 0 saturated heterocycles. The van der Waals surface area contributed by atoms with E-state index in [1.54, 1.807) is 24.3 Å². The van der Waals surface area contributed by atoms with Gasteiger partial charge in [0.2, 0.25) is 5.91 Å². The first kappa shape index (κ1) is 10.7. The SMILES string of the molecule is Cl.NNc1ccc(C(N)=O)cc1. The van der Waals surface area contributed by atoms with E-state index in [0.29, 0.717) is 5.56 Å². The van der Waals surface area contributed by atoms with Crippen molar-refractivity contribution in [2.24, 2.45) is 11.6 Å². The molecule has 66 valence electrons. The summed E-state index contributed by atoms with van der Waals surface area (Å²) in [6.45, 7) is 0. The number of hydrogen-bond acceptors (Lipinski definition) is 3. The maximum Gasteiger partial charge on any atom is 0.248 e. The molecule has 1 amide bonds. The van der Waals surface area contributed by atoms with Gasteiger partial charge < -0.3 is 11.2 Å². The Morgan fingerprint density at radius 3 is 2.08 bits per heavy atom. The van der Waals surface area contributed by atoms with Gasteiger partial charge in [0.05, 0.1) is 0 Å². The van der Waals surface area contributed by atoms with E-state index >= 15 is 0 Å². The van der Waals surface area contributed by atoms with E-state index in [4.69, 9.17) is 11.6 Å². The molecule has 12 heavy (non-hydrogen) atoms. The zero-order valence-corrected chi connectivity index (χ0v) is 7.10. The first-order valence-electron chi connectivity index (χ1n) is 3.10. The summed E-state index contributed by atoms with van der Waals surface area (Å²) in [5, 5.41) is 0. The summed E-state index contributed by atoms with van der Waals surface area (Å²) in [7, 11) is 0. The monoisotopic (exact) mass is 187 g/mol. The van der Waals surface area contributed by atoms with Gasteiger partial charge in [-0.05, 0) is 24.3 Å². The quantitative estimate of drug-likeness (QED) is 0.466. The van der Waals surface area contributed by atoms with Crippen molar-refractivity contribution in [1.29, 1.82) is 0 Å². The highest BCUT2D eigenvalue weighted by Crippen LogP contribution is 2.06. The summed E-state index contributed by atoms with van der Waals surface area (Å²) in [6.07, 6.45) is 0. The summed E-state index contributed by atoms with van der Waals surface area (Å²) in [4.78, 5) is 10.6. The Morgan fingerprint density at radius 2 is 1.75 bits per heavy atom. The highest BCUT2D eigenvalue weighted by molar-refractivity contribution is 5.93. The van der Waals surface area contributed by atoms with Gasteiger partial charge in [0.25, 0.3) is 0 Å². The lowest BCUT2D eigenvalue weighted by atomic mass is 10.2. The Morgan fingerprint density at radius 1 is 1.25 bits per heavy atom. The molecule has 0 saturated carbocycles. The van der Waals surface area contributed by atoms with Gasteiger partial charge in [-0.15, -0.1) is 12.4 Å². The molecule has 5 N–H and O–H groups in total. The fourth-order valence-electron chi connectivity index (χ4n) is 0.731. The van der Waals surface area contributed by atoms with Gasteiger partial charge in [0, 0.05) is 11.3 Å². The smallest absolute Gasteiger partial charge is 0.248 e. The minimum Gasteiger partial charge on any atom is -0.366 e. The molecule has 1 aromatic carbocycles. The van der Waals surface area contributed by atoms with Crippen molar-refractivity contribution in [3.63, 3.8) is 0 Å². The average Bonchev–Trinajstić information content (AvgIpc) is 2.05. The predicted octanol–water partition coefficient (Wildman–Crippen LogP) is 0.493. The number of benzene rings is 1. The van der Waals surface area contributed by atoms with Crippen LogP contribution in [0.15, 0.2) is 24.3 Å². The third-order valence-corrected chi connectivity index (χ3v) is 1.34. The number of nitrogens with two attached hydrogens (primary N) is 2. The Labute approximate surface area is 76.3 Å². The number of hydrazine groups is 1. The van der Waals surface area contributed by atoms with E-state index in [0.717, 1.165) is 5.69 Å². The minimum atomic E-state index is -0.437. The minimum absolute atomic E-state index is 0. The van der Waals surface area contributed by atoms with Crippen LogP contribution in [0.1, 0.15) is 10.4 Å². The van der Waals surface area contributed by atoms with E-state index < -0.39 is 5.91 Å². The van der Waals surface area contributed by atoms with Crippen molar-refractivity contribution >= 4 is 24.0 Å². The number of nitrogen functional groups attached to an aromatic ring is 1. The second kappa shape index (κ2) is 4.58. The molecule has 5 heteroatoms. The van der Waals surface area contributed by atoms with Crippen LogP contribution >= 0.6 is 12.4 Å². The van der Waals surface area contributed by atoms with Crippen molar-refractivity contribution in [2.75, 3.05) is 5.43 Å². The average molecular weight is 188 g/mol. The maximum absolute atomic E-state index is 10.6. The molecule has 0 radical (unpaired) electrons. The van der Waals surface area contributed by atoms with Crippen LogP contribution in [0.4, 0.5) is 5.69 Å². The van der Waals surface area contributed by atoms with Crippen molar-refractivity contribution < 1.29 is 4.79 Å². The van der Waals surface area contributed by atoms with Crippen LogP contribution in [0.2, 0.25) is 0 Å². The lowest BCUT2D eigenvalue weighted by molar-refractivity contribution is 0.100. The van der Waals surface area contributed by atoms with E-state index in [1.807, 2.05) is 0 Å². The molecule has 0 aromatic heterocycles. The highest BCUT2D eigenvalue weighted by atomic mass is 35.5. The van der Waals surface area contributed by atoms with Gasteiger partial charge in [0.1, 0.15) is 0 Å². The van der Waals surface area contributed by atoms with Crippen LogP contribution in [0.25, 0.3) is 0 Å². The predicted molar refractivity (Wildman–Crippen MR) is 50.0 cm³/mol. The fraction of sp³-hybridized carbons (Fsp3) is 0. The summed E-state index contributed by atoms with van der Waals surface area (Å²) in [6, 6.07) is 6.58. The van der Waals surface area contributed by atoms with Gasteiger partial charge in [0.15, 0.2) is 0 Å². The van der Waals surface area contributed by atoms with Crippen molar-refractivity contribution in [3.05, 3.63) is 29.8 Å². The first-order chi connectivity index (χ1) is 5.24. The molecule has 1 aromatic rings. The molecule has 0 bridgehead atoms. The number of amides is 1. The lowest BCUT2D eigenvalue weighted by Gasteiger charge is -1.98. The summed E-state index contributed by atoms with van der Waals surface area (Å²) >= 11 is 0. The number of primary amides is 1. The zero-order chi connectivity index (χ0) is 8.27. The fourth-order valence-corrected chi connectivity index (χ4v) is 0.731. The van der Waals surface area contributed by atoms with Gasteiger partial charge >= 0.3 is 0 Å². The molecule has 0 fully saturated rings. The van der Waals surface area contributed by atoms with E-state index in [-0.39, 0.29) is 12.4 Å². The van der Waals surface area contributed by atoms with E-state index in [2.05, 4.69) is 5.43 Å². The molecule has 1 rings (SSSR count). The van der Waals surface area contributed by atoms with Gasteiger partial charge in [-0.2, -0.15) is 0 Å². The van der Waals surface area contributed by atoms with Gasteiger partial charge in [-0.1, -0.05) is 0 Å². The second-order valence-electron chi connectivity index (χ2n) is 2.09. The van der Waals surface area contributed by atoms with Crippen LogP contribution in [0.3, 0.4) is 0 Å². The summed E-state index contributed by atoms with van der Waals surface area (Å²) in [5.74, 6) is 4.67. The van der Waals surface area contributed by atoms with Crippen molar-refractivity contribution in [1.82, 2.24) is 0 Å². The Bertz CT molecular complexity index is 260. The number of halogens is 1. The Hall–Kier alpha value is -1.26. The van der Waals surface area contributed by atoms with Crippen LogP contribution in [0.5, 0.6) is 0 Å². The standard InChI is InChI=1S/C7H9N3O.ClH/c8-7(11)5-1-3-6(10-9)4-2-5;/h1-4,10H,9H2,(H2,8,11);1H. The number of carbonyl (C=O) groups is 1. The molecule has 0 heterocycles. The third kappa shape index (κ3) is 2.41. The van der Waals surface area contributed by atoms with Crippen LogP contribution in [-0.4, -0.2) is 5.91 Å².